The lowest BCUT2D eigenvalue weighted by atomic mass is 9.82. The van der Waals surface area contributed by atoms with Crippen LogP contribution in [0.1, 0.15) is 31.2 Å². The summed E-state index contributed by atoms with van der Waals surface area (Å²) in [7, 11) is 0. The number of carboxylic acid groups (broad SMARTS) is 1. The second-order valence-corrected chi connectivity index (χ2v) is 9.89. The normalized spacial score (nSPS) is 18.6. The van der Waals surface area contributed by atoms with Crippen LogP contribution < -0.4 is 10.4 Å². The van der Waals surface area contributed by atoms with Gasteiger partial charge in [0.1, 0.15) is 0 Å². The molecular formula is C23H26BrN2O2S2-. The van der Waals surface area contributed by atoms with Gasteiger partial charge >= 0.3 is 0 Å². The summed E-state index contributed by atoms with van der Waals surface area (Å²) in [5.41, 5.74) is 2.15. The summed E-state index contributed by atoms with van der Waals surface area (Å²) < 4.78 is 1.04. The molecule has 30 heavy (non-hydrogen) atoms. The maximum Gasteiger partial charge on any atom is 0.173 e. The van der Waals surface area contributed by atoms with Crippen molar-refractivity contribution < 1.29 is 9.90 Å². The number of carbonyl (C=O) groups is 1. The van der Waals surface area contributed by atoms with Gasteiger partial charge < -0.3 is 20.1 Å². The molecule has 0 heterocycles. The van der Waals surface area contributed by atoms with Crippen LogP contribution in [0, 0.1) is 11.8 Å². The van der Waals surface area contributed by atoms with Gasteiger partial charge in [0.2, 0.25) is 0 Å². The quantitative estimate of drug-likeness (QED) is 0.425. The zero-order valence-electron chi connectivity index (χ0n) is 17.0. The maximum atomic E-state index is 11.2. The Hall–Kier alpha value is -1.57. The van der Waals surface area contributed by atoms with Gasteiger partial charge in [0.25, 0.3) is 0 Å². The summed E-state index contributed by atoms with van der Waals surface area (Å²) in [6, 6.07) is 16.5. The van der Waals surface area contributed by atoms with E-state index < -0.39 is 5.97 Å². The lowest BCUT2D eigenvalue weighted by Crippen LogP contribution is -2.40. The molecule has 160 valence electrons. The fourth-order valence-electron chi connectivity index (χ4n) is 3.87. The van der Waals surface area contributed by atoms with Gasteiger partial charge in [-0.3, -0.25) is 0 Å². The van der Waals surface area contributed by atoms with Gasteiger partial charge in [-0.1, -0.05) is 34.1 Å². The van der Waals surface area contributed by atoms with Crippen LogP contribution in [-0.2, 0) is 11.3 Å². The first-order valence-electron chi connectivity index (χ1n) is 10.1. The van der Waals surface area contributed by atoms with E-state index in [1.165, 1.54) is 10.5 Å². The molecule has 0 radical (unpaired) electrons. The number of thioether (sulfide) groups is 1. The number of halogens is 1. The van der Waals surface area contributed by atoms with Crippen LogP contribution in [0.4, 0.5) is 5.69 Å². The fraction of sp³-hybridized carbons (Fsp3) is 0.391. The number of rotatable bonds is 7. The Balaban J connectivity index is 1.71. The number of hydrogen-bond acceptors (Lipinski definition) is 4. The topological polar surface area (TPSA) is 55.4 Å². The van der Waals surface area contributed by atoms with Crippen molar-refractivity contribution in [2.75, 3.05) is 18.1 Å². The summed E-state index contributed by atoms with van der Waals surface area (Å²) >= 11 is 11.0. The molecule has 0 saturated heterocycles. The van der Waals surface area contributed by atoms with Crippen molar-refractivity contribution in [2.24, 2.45) is 11.8 Å². The first kappa shape index (κ1) is 23.1. The average molecular weight is 507 g/mol. The third kappa shape index (κ3) is 6.72. The highest BCUT2D eigenvalue weighted by Crippen LogP contribution is 2.30. The summed E-state index contributed by atoms with van der Waals surface area (Å²) in [4.78, 5) is 14.5. The van der Waals surface area contributed by atoms with Gasteiger partial charge in [-0.2, -0.15) is 0 Å². The highest BCUT2D eigenvalue weighted by atomic mass is 79.9. The molecule has 0 atom stereocenters. The molecular weight excluding hydrogens is 480 g/mol. The molecule has 1 aliphatic rings. The number of hydrogen-bond donors (Lipinski definition) is 1. The van der Waals surface area contributed by atoms with Gasteiger partial charge in [-0.15, -0.1) is 11.8 Å². The van der Waals surface area contributed by atoms with Gasteiger partial charge in [0.15, 0.2) is 5.11 Å². The van der Waals surface area contributed by atoms with Crippen LogP contribution in [0.15, 0.2) is 57.9 Å². The van der Waals surface area contributed by atoms with E-state index in [2.05, 4.69) is 56.7 Å². The number of carbonyl (C=O) groups excluding carboxylic acids is 1. The Morgan fingerprint density at radius 1 is 1.20 bits per heavy atom. The monoisotopic (exact) mass is 505 g/mol. The molecule has 3 rings (SSSR count). The minimum Gasteiger partial charge on any atom is -0.550 e. The van der Waals surface area contributed by atoms with Crippen LogP contribution in [0.3, 0.4) is 0 Å². The molecule has 1 aliphatic carbocycles. The van der Waals surface area contributed by atoms with E-state index in [0.29, 0.717) is 30.4 Å². The Labute approximate surface area is 196 Å². The number of nitrogens with one attached hydrogen (secondary N) is 1. The second-order valence-electron chi connectivity index (χ2n) is 7.71. The fourth-order valence-corrected chi connectivity index (χ4v) is 5.03. The first-order chi connectivity index (χ1) is 14.4. The van der Waals surface area contributed by atoms with E-state index in [-0.39, 0.29) is 5.92 Å². The molecule has 2 aromatic carbocycles. The standard InChI is InChI=1S/C23H27BrN2O2S2/c1-30-21-7-3-6-20(13-21)25-23(29)26(15-17-4-2-5-19(24)12-17)14-16-8-10-18(11-9-16)22(27)28/h2-7,12-13,16,18H,8-11,14-15H2,1H3,(H,25,29)(H,27,28)/p-1. The number of carboxylic acids is 1. The van der Waals surface area contributed by atoms with Crippen molar-refractivity contribution in [1.29, 1.82) is 0 Å². The molecule has 7 heteroatoms. The lowest BCUT2D eigenvalue weighted by Gasteiger charge is -2.34. The smallest absolute Gasteiger partial charge is 0.173 e. The molecule has 0 amide bonds. The van der Waals surface area contributed by atoms with Crippen molar-refractivity contribution in [3.63, 3.8) is 0 Å². The molecule has 2 aromatic rings. The Bertz CT molecular complexity index is 885. The van der Waals surface area contributed by atoms with E-state index in [4.69, 9.17) is 12.2 Å². The maximum absolute atomic E-state index is 11.2. The van der Waals surface area contributed by atoms with Crippen LogP contribution in [-0.4, -0.2) is 28.8 Å². The number of benzene rings is 2. The van der Waals surface area contributed by atoms with E-state index in [1.807, 2.05) is 24.3 Å². The summed E-state index contributed by atoms with van der Waals surface area (Å²) in [6.45, 7) is 1.51. The number of thiocarbonyl (C=S) groups is 1. The van der Waals surface area contributed by atoms with Gasteiger partial charge in [0.05, 0.1) is 0 Å². The number of nitrogens with zero attached hydrogens (tertiary/aromatic N) is 1. The van der Waals surface area contributed by atoms with Crippen molar-refractivity contribution in [3.8, 4) is 0 Å². The molecule has 4 nitrogen and oxygen atoms in total. The molecule has 1 fully saturated rings. The lowest BCUT2D eigenvalue weighted by molar-refractivity contribution is -0.312. The van der Waals surface area contributed by atoms with Crippen LogP contribution in [0.5, 0.6) is 0 Å². The summed E-state index contributed by atoms with van der Waals surface area (Å²) in [5, 5.41) is 15.2. The first-order valence-corrected chi connectivity index (χ1v) is 12.5. The van der Waals surface area contributed by atoms with Gasteiger partial charge in [0, 0.05) is 34.1 Å². The van der Waals surface area contributed by atoms with Gasteiger partial charge in [-0.25, -0.2) is 0 Å². The van der Waals surface area contributed by atoms with Crippen molar-refractivity contribution in [1.82, 2.24) is 4.90 Å². The minimum absolute atomic E-state index is 0.306. The van der Waals surface area contributed by atoms with Crippen LogP contribution >= 0.6 is 39.9 Å². The van der Waals surface area contributed by atoms with Crippen molar-refractivity contribution in [2.45, 2.75) is 37.1 Å². The average Bonchev–Trinajstić information content (AvgIpc) is 2.74. The molecule has 0 spiro atoms. The molecule has 1 saturated carbocycles. The van der Waals surface area contributed by atoms with E-state index in [0.717, 1.165) is 29.5 Å². The molecule has 1 N–H and O–H groups in total. The highest BCUT2D eigenvalue weighted by Gasteiger charge is 2.24. The third-order valence-corrected chi connectivity index (χ3v) is 7.11. The minimum atomic E-state index is -0.912. The molecule has 0 bridgehead atoms. The van der Waals surface area contributed by atoms with E-state index in [9.17, 15) is 9.90 Å². The SMILES string of the molecule is CSc1cccc(NC(=S)N(Cc2cccc(Br)c2)CC2CCC(C(=O)[O-])CC2)c1. The molecule has 0 unspecified atom stereocenters. The predicted octanol–water partition coefficient (Wildman–Crippen LogP) is 4.93. The number of aliphatic carboxylic acids is 1. The molecule has 0 aliphatic heterocycles. The van der Waals surface area contributed by atoms with Crippen LogP contribution in [0.2, 0.25) is 0 Å². The second kappa shape index (κ2) is 11.2. The largest absolute Gasteiger partial charge is 0.550 e. The summed E-state index contributed by atoms with van der Waals surface area (Å²) in [5.74, 6) is -0.797. The van der Waals surface area contributed by atoms with Crippen molar-refractivity contribution in [3.05, 3.63) is 58.6 Å². The zero-order valence-corrected chi connectivity index (χ0v) is 20.2. The van der Waals surface area contributed by atoms with Gasteiger partial charge in [-0.05, 0) is 91.9 Å². The Kier molecular flexibility index (Phi) is 8.60. The Morgan fingerprint density at radius 2 is 1.93 bits per heavy atom. The van der Waals surface area contributed by atoms with E-state index in [1.54, 1.807) is 11.8 Å². The third-order valence-electron chi connectivity index (χ3n) is 5.53. The van der Waals surface area contributed by atoms with Crippen LogP contribution in [0.25, 0.3) is 0 Å². The summed E-state index contributed by atoms with van der Waals surface area (Å²) in [6.07, 6.45) is 5.21. The van der Waals surface area contributed by atoms with E-state index >= 15 is 0 Å². The number of anilines is 1. The molecule has 0 aromatic heterocycles. The zero-order chi connectivity index (χ0) is 21.5. The highest BCUT2D eigenvalue weighted by molar-refractivity contribution is 9.10. The predicted molar refractivity (Wildman–Crippen MR) is 129 cm³/mol. The Morgan fingerprint density at radius 3 is 2.60 bits per heavy atom. The van der Waals surface area contributed by atoms with Crippen molar-refractivity contribution >= 4 is 56.7 Å².